The summed E-state index contributed by atoms with van der Waals surface area (Å²) in [4.78, 5) is 16.5. The molecule has 1 saturated carbocycles. The molecule has 0 aliphatic heterocycles. The van der Waals surface area contributed by atoms with Gasteiger partial charge in [0.25, 0.3) is 0 Å². The Labute approximate surface area is 282 Å². The van der Waals surface area contributed by atoms with Gasteiger partial charge < -0.3 is 24.8 Å². The standard InChI is InChI=1S/C37H50F3N3O5/c1-8-13-26(5)47-48-36(9-2)18-11-16-28(23-36)41-19-12-14-25(4)42-30-22-31(44-6)35(33-24(3)20-32(45-7)43-34(30)33)46-29-17-10-15-27(21-29)37(38,39)40/h8,10,15,17,20-22,25-26,28,41-42H,1,9,11-14,16,18-19,23H2,2-7H3/t25?,26?,28?,36-/m1/s1. The van der Waals surface area contributed by atoms with Gasteiger partial charge in [0.05, 0.1) is 37.0 Å². The fraction of sp³-hybridized carbons (Fsp3) is 0.541. The summed E-state index contributed by atoms with van der Waals surface area (Å²) >= 11 is 0. The van der Waals surface area contributed by atoms with Gasteiger partial charge in [0.2, 0.25) is 5.88 Å². The van der Waals surface area contributed by atoms with Crippen molar-refractivity contribution in [1.29, 1.82) is 0 Å². The Balaban J connectivity index is 1.45. The SMILES string of the molecule is C=CCC(C)OO[C@]1(CC)CCCC(NCCCC(C)Nc2cc(OC)c(Oc3cccc(C(F)(F)F)c3)c3c(C)cc(OC)nc23)C1. The molecule has 1 aliphatic rings. The molecule has 3 unspecified atom stereocenters. The predicted molar refractivity (Wildman–Crippen MR) is 183 cm³/mol. The number of ether oxygens (including phenoxy) is 3. The summed E-state index contributed by atoms with van der Waals surface area (Å²) in [6, 6.07) is 8.75. The van der Waals surface area contributed by atoms with Gasteiger partial charge in [0, 0.05) is 24.2 Å². The van der Waals surface area contributed by atoms with E-state index < -0.39 is 11.7 Å². The smallest absolute Gasteiger partial charge is 0.416 e. The van der Waals surface area contributed by atoms with Gasteiger partial charge in [-0.15, -0.1) is 6.58 Å². The molecule has 0 bridgehead atoms. The Morgan fingerprint density at radius 1 is 1.15 bits per heavy atom. The normalized spacial score (nSPS) is 19.5. The summed E-state index contributed by atoms with van der Waals surface area (Å²) in [6.07, 6.45) is 4.87. The average molecular weight is 674 g/mol. The molecule has 11 heteroatoms. The Morgan fingerprint density at radius 2 is 1.94 bits per heavy atom. The van der Waals surface area contributed by atoms with E-state index in [9.17, 15) is 13.2 Å². The van der Waals surface area contributed by atoms with Gasteiger partial charge in [-0.05, 0) is 102 Å². The molecule has 0 spiro atoms. The first-order valence-corrected chi connectivity index (χ1v) is 16.8. The highest BCUT2D eigenvalue weighted by atomic mass is 19.4. The van der Waals surface area contributed by atoms with Crippen LogP contribution in [0.3, 0.4) is 0 Å². The molecule has 1 aliphatic carbocycles. The quantitative estimate of drug-likeness (QED) is 0.0635. The molecule has 264 valence electrons. The number of pyridine rings is 1. The van der Waals surface area contributed by atoms with E-state index in [1.165, 1.54) is 19.2 Å². The maximum Gasteiger partial charge on any atom is 0.416 e. The van der Waals surface area contributed by atoms with Crippen molar-refractivity contribution >= 4 is 16.6 Å². The second kappa shape index (κ2) is 16.7. The molecule has 1 heterocycles. The molecule has 3 aromatic rings. The lowest BCUT2D eigenvalue weighted by atomic mass is 9.80. The van der Waals surface area contributed by atoms with Gasteiger partial charge in [-0.25, -0.2) is 14.8 Å². The zero-order valence-electron chi connectivity index (χ0n) is 29.0. The number of nitrogens with one attached hydrogen (secondary N) is 2. The van der Waals surface area contributed by atoms with Crippen molar-refractivity contribution in [2.24, 2.45) is 0 Å². The number of nitrogens with zero attached hydrogens (tertiary/aromatic N) is 1. The summed E-state index contributed by atoms with van der Waals surface area (Å²) in [5, 5.41) is 7.94. The van der Waals surface area contributed by atoms with Crippen LogP contribution in [0.4, 0.5) is 18.9 Å². The molecule has 4 atom stereocenters. The summed E-state index contributed by atoms with van der Waals surface area (Å²) < 4.78 is 57.5. The van der Waals surface area contributed by atoms with Crippen LogP contribution in [0.15, 0.2) is 49.1 Å². The van der Waals surface area contributed by atoms with E-state index in [0.29, 0.717) is 34.3 Å². The van der Waals surface area contributed by atoms with E-state index >= 15 is 0 Å². The molecule has 0 radical (unpaired) electrons. The van der Waals surface area contributed by atoms with E-state index in [2.05, 4.69) is 31.1 Å². The van der Waals surface area contributed by atoms with Crippen LogP contribution >= 0.6 is 0 Å². The Morgan fingerprint density at radius 3 is 2.62 bits per heavy atom. The third kappa shape index (κ3) is 9.54. The molecule has 0 saturated heterocycles. The monoisotopic (exact) mass is 673 g/mol. The summed E-state index contributed by atoms with van der Waals surface area (Å²) in [7, 11) is 3.04. The number of benzene rings is 2. The second-order valence-electron chi connectivity index (χ2n) is 12.8. The number of alkyl halides is 3. The highest BCUT2D eigenvalue weighted by Crippen LogP contribution is 2.45. The summed E-state index contributed by atoms with van der Waals surface area (Å²) in [6.45, 7) is 12.8. The minimum absolute atomic E-state index is 0.0235. The van der Waals surface area contributed by atoms with Crippen molar-refractivity contribution in [2.75, 3.05) is 26.1 Å². The van der Waals surface area contributed by atoms with Gasteiger partial charge in [0.15, 0.2) is 11.5 Å². The molecule has 0 amide bonds. The molecular formula is C37H50F3N3O5. The summed E-state index contributed by atoms with van der Waals surface area (Å²) in [5.41, 5.74) is 0.984. The van der Waals surface area contributed by atoms with Gasteiger partial charge >= 0.3 is 6.18 Å². The fourth-order valence-electron chi connectivity index (χ4n) is 6.30. The minimum Gasteiger partial charge on any atom is -0.493 e. The molecule has 2 N–H and O–H groups in total. The third-order valence-electron chi connectivity index (χ3n) is 8.97. The molecule has 4 rings (SSSR count). The van der Waals surface area contributed by atoms with Gasteiger partial charge in [-0.1, -0.05) is 19.1 Å². The minimum atomic E-state index is -4.50. The molecular weight excluding hydrogens is 623 g/mol. The molecule has 2 aromatic carbocycles. The van der Waals surface area contributed by atoms with E-state index in [1.807, 2.05) is 19.9 Å². The van der Waals surface area contributed by atoms with Gasteiger partial charge in [0.1, 0.15) is 16.9 Å². The van der Waals surface area contributed by atoms with Crippen molar-refractivity contribution in [3.05, 3.63) is 60.2 Å². The maximum absolute atomic E-state index is 13.4. The molecule has 1 aromatic heterocycles. The number of halogens is 3. The number of hydrogen-bond acceptors (Lipinski definition) is 8. The van der Waals surface area contributed by atoms with Crippen molar-refractivity contribution < 1.29 is 37.2 Å². The number of fused-ring (bicyclic) bond motifs is 1. The number of aryl methyl sites for hydroxylation is 1. The zero-order valence-corrected chi connectivity index (χ0v) is 29.0. The lowest BCUT2D eigenvalue weighted by Gasteiger charge is -2.39. The van der Waals surface area contributed by atoms with E-state index in [1.54, 1.807) is 19.2 Å². The number of methoxy groups -OCH3 is 2. The van der Waals surface area contributed by atoms with Gasteiger partial charge in [-0.3, -0.25) is 0 Å². The highest BCUT2D eigenvalue weighted by molar-refractivity contribution is 6.00. The van der Waals surface area contributed by atoms with Crippen molar-refractivity contribution in [1.82, 2.24) is 10.3 Å². The largest absolute Gasteiger partial charge is 0.493 e. The highest BCUT2D eigenvalue weighted by Gasteiger charge is 2.37. The first-order chi connectivity index (χ1) is 22.9. The third-order valence-corrected chi connectivity index (χ3v) is 8.97. The van der Waals surface area contributed by atoms with Crippen LogP contribution in [0.2, 0.25) is 0 Å². The van der Waals surface area contributed by atoms with E-state index in [4.69, 9.17) is 29.0 Å². The topological polar surface area (TPSA) is 83.1 Å². The number of aromatic nitrogens is 1. The Kier molecular flexibility index (Phi) is 13.0. The average Bonchev–Trinajstić information content (AvgIpc) is 3.06. The van der Waals surface area contributed by atoms with Gasteiger partial charge in [-0.2, -0.15) is 13.2 Å². The van der Waals surface area contributed by atoms with E-state index in [0.717, 1.165) is 75.6 Å². The van der Waals surface area contributed by atoms with E-state index in [-0.39, 0.29) is 29.2 Å². The molecule has 48 heavy (non-hydrogen) atoms. The number of rotatable bonds is 17. The zero-order chi connectivity index (χ0) is 34.9. The van der Waals surface area contributed by atoms with Crippen LogP contribution in [0, 0.1) is 6.92 Å². The lowest BCUT2D eigenvalue weighted by molar-refractivity contribution is -0.388. The van der Waals surface area contributed by atoms with Crippen LogP contribution in [-0.4, -0.2) is 49.5 Å². The van der Waals surface area contributed by atoms with Crippen LogP contribution in [0.1, 0.15) is 83.3 Å². The fourth-order valence-corrected chi connectivity index (χ4v) is 6.30. The Hall–Kier alpha value is -3.54. The maximum atomic E-state index is 13.4. The predicted octanol–water partition coefficient (Wildman–Crippen LogP) is 9.55. The first kappa shape index (κ1) is 37.3. The lowest BCUT2D eigenvalue weighted by Crippen LogP contribution is -2.45. The van der Waals surface area contributed by atoms with Crippen LogP contribution in [0.25, 0.3) is 10.9 Å². The van der Waals surface area contributed by atoms with Crippen LogP contribution in [-0.2, 0) is 16.0 Å². The molecule has 1 fully saturated rings. The number of anilines is 1. The van der Waals surface area contributed by atoms with Crippen LogP contribution < -0.4 is 24.8 Å². The Bertz CT molecular complexity index is 1520. The second-order valence-corrected chi connectivity index (χ2v) is 12.8. The molecule has 8 nitrogen and oxygen atoms in total. The first-order valence-electron chi connectivity index (χ1n) is 16.8. The number of hydrogen-bond donors (Lipinski definition) is 2. The van der Waals surface area contributed by atoms with Crippen molar-refractivity contribution in [3.63, 3.8) is 0 Å². The van der Waals surface area contributed by atoms with Crippen molar-refractivity contribution in [3.8, 4) is 23.1 Å². The summed E-state index contributed by atoms with van der Waals surface area (Å²) in [5.74, 6) is 1.10. The van der Waals surface area contributed by atoms with Crippen molar-refractivity contribution in [2.45, 2.75) is 109 Å². The van der Waals surface area contributed by atoms with Crippen LogP contribution in [0.5, 0.6) is 23.1 Å².